The van der Waals surface area contributed by atoms with Crippen LogP contribution in [-0.4, -0.2) is 11.9 Å². The second kappa shape index (κ2) is 4.13. The molecule has 1 nitrogen and oxygen atoms in total. The molecule has 78 valence electrons. The first-order valence-electron chi connectivity index (χ1n) is 3.95. The quantitative estimate of drug-likeness (QED) is 0.613. The molecular formula is C9H10F3NS. The smallest absolute Gasteiger partial charge is 0.398 e. The Morgan fingerprint density at radius 2 is 2.00 bits per heavy atom. The maximum Gasteiger partial charge on any atom is 0.398 e. The van der Waals surface area contributed by atoms with E-state index in [0.717, 1.165) is 17.3 Å². The number of alkyl halides is 3. The van der Waals surface area contributed by atoms with Crippen molar-refractivity contribution in [2.75, 3.05) is 11.5 Å². The van der Waals surface area contributed by atoms with Crippen LogP contribution in [0.1, 0.15) is 5.56 Å². The van der Waals surface area contributed by atoms with Gasteiger partial charge in [-0.25, -0.2) is 0 Å². The largest absolute Gasteiger partial charge is 0.398 e. The second-order valence-electron chi connectivity index (χ2n) is 2.89. The highest BCUT2D eigenvalue weighted by Crippen LogP contribution is 2.31. The molecule has 14 heavy (non-hydrogen) atoms. The Balaban J connectivity index is 2.73. The summed E-state index contributed by atoms with van der Waals surface area (Å²) in [6, 6.07) is 5.07. The average Bonchev–Trinajstić information content (AvgIpc) is 2.06. The Kier molecular flexibility index (Phi) is 3.31. The van der Waals surface area contributed by atoms with Gasteiger partial charge in [-0.1, -0.05) is 12.1 Å². The number of rotatable bonds is 2. The van der Waals surface area contributed by atoms with Crippen LogP contribution in [0.5, 0.6) is 0 Å². The van der Waals surface area contributed by atoms with E-state index in [4.69, 9.17) is 5.73 Å². The predicted molar refractivity (Wildman–Crippen MR) is 52.4 cm³/mol. The van der Waals surface area contributed by atoms with Crippen LogP contribution in [0, 0.1) is 6.92 Å². The highest BCUT2D eigenvalue weighted by Gasteiger charge is 2.27. The average molecular weight is 221 g/mol. The summed E-state index contributed by atoms with van der Waals surface area (Å²) < 4.78 is 35.7. The van der Waals surface area contributed by atoms with Gasteiger partial charge >= 0.3 is 6.18 Å². The number of nitrogen functional groups attached to an aromatic ring is 1. The number of aryl methyl sites for hydroxylation is 1. The third kappa shape index (κ3) is 3.14. The molecular weight excluding hydrogens is 211 g/mol. The number of anilines is 1. The van der Waals surface area contributed by atoms with Gasteiger partial charge in [-0.05, 0) is 18.6 Å². The molecule has 0 aromatic heterocycles. The molecule has 1 rings (SSSR count). The van der Waals surface area contributed by atoms with Crippen molar-refractivity contribution >= 4 is 17.4 Å². The standard InChI is InChI=1S/C9H10F3NS/c1-6-3-2-4-7(8(6)13)14-5-9(10,11)12/h2-4H,5,13H2,1H3. The summed E-state index contributed by atoms with van der Waals surface area (Å²) in [4.78, 5) is 0.488. The third-order valence-electron chi connectivity index (χ3n) is 1.68. The van der Waals surface area contributed by atoms with Crippen LogP contribution < -0.4 is 5.73 Å². The van der Waals surface area contributed by atoms with Gasteiger partial charge in [-0.15, -0.1) is 11.8 Å². The second-order valence-corrected chi connectivity index (χ2v) is 3.91. The first-order valence-corrected chi connectivity index (χ1v) is 4.93. The van der Waals surface area contributed by atoms with E-state index in [2.05, 4.69) is 0 Å². The zero-order valence-corrected chi connectivity index (χ0v) is 8.38. The molecule has 0 bridgehead atoms. The van der Waals surface area contributed by atoms with E-state index in [-0.39, 0.29) is 0 Å². The van der Waals surface area contributed by atoms with Crippen LogP contribution >= 0.6 is 11.8 Å². The molecule has 0 spiro atoms. The monoisotopic (exact) mass is 221 g/mol. The van der Waals surface area contributed by atoms with E-state index in [9.17, 15) is 13.2 Å². The number of benzene rings is 1. The summed E-state index contributed by atoms with van der Waals surface area (Å²) in [7, 11) is 0. The molecule has 0 amide bonds. The minimum Gasteiger partial charge on any atom is -0.398 e. The molecule has 0 saturated heterocycles. The number of para-hydroxylation sites is 1. The molecule has 0 heterocycles. The summed E-state index contributed by atoms with van der Waals surface area (Å²) in [5.41, 5.74) is 6.86. The van der Waals surface area contributed by atoms with Crippen molar-refractivity contribution in [1.29, 1.82) is 0 Å². The molecule has 0 unspecified atom stereocenters. The molecule has 0 atom stereocenters. The van der Waals surface area contributed by atoms with Crippen molar-refractivity contribution in [2.24, 2.45) is 0 Å². The molecule has 0 aliphatic carbocycles. The Morgan fingerprint density at radius 1 is 1.36 bits per heavy atom. The molecule has 1 aromatic rings. The van der Waals surface area contributed by atoms with Gasteiger partial charge in [0, 0.05) is 10.6 Å². The van der Waals surface area contributed by atoms with Gasteiger partial charge in [0.1, 0.15) is 0 Å². The lowest BCUT2D eigenvalue weighted by molar-refractivity contribution is -0.105. The molecule has 0 saturated carbocycles. The van der Waals surface area contributed by atoms with Crippen molar-refractivity contribution in [3.63, 3.8) is 0 Å². The lowest BCUT2D eigenvalue weighted by atomic mass is 10.2. The molecule has 0 radical (unpaired) electrons. The fourth-order valence-electron chi connectivity index (χ4n) is 0.939. The number of nitrogens with two attached hydrogens (primary N) is 1. The Hall–Kier alpha value is -0.840. The van der Waals surface area contributed by atoms with Crippen molar-refractivity contribution in [1.82, 2.24) is 0 Å². The molecule has 0 aliphatic heterocycles. The normalized spacial score (nSPS) is 11.7. The van der Waals surface area contributed by atoms with Gasteiger partial charge in [0.15, 0.2) is 0 Å². The highest BCUT2D eigenvalue weighted by molar-refractivity contribution is 7.99. The summed E-state index contributed by atoms with van der Waals surface area (Å²) in [6.45, 7) is 1.77. The zero-order valence-electron chi connectivity index (χ0n) is 7.56. The molecule has 1 aromatic carbocycles. The highest BCUT2D eigenvalue weighted by atomic mass is 32.2. The molecule has 2 N–H and O–H groups in total. The summed E-state index contributed by atoms with van der Waals surface area (Å²) in [5, 5.41) is 0. The maximum absolute atomic E-state index is 11.9. The van der Waals surface area contributed by atoms with Crippen LogP contribution in [0.4, 0.5) is 18.9 Å². The zero-order chi connectivity index (χ0) is 10.8. The first-order chi connectivity index (χ1) is 6.40. The van der Waals surface area contributed by atoms with Gasteiger partial charge in [0.2, 0.25) is 0 Å². The van der Waals surface area contributed by atoms with Crippen LogP contribution in [-0.2, 0) is 0 Å². The van der Waals surface area contributed by atoms with Crippen LogP contribution in [0.2, 0.25) is 0 Å². The first kappa shape index (κ1) is 11.2. The fourth-order valence-corrected chi connectivity index (χ4v) is 1.75. The Bertz CT molecular complexity index is 322. The Labute approximate surface area is 84.5 Å². The predicted octanol–water partition coefficient (Wildman–Crippen LogP) is 3.23. The lowest BCUT2D eigenvalue weighted by Gasteiger charge is -2.09. The molecule has 5 heteroatoms. The number of thioether (sulfide) groups is 1. The van der Waals surface area contributed by atoms with Crippen molar-refractivity contribution < 1.29 is 13.2 Å². The van der Waals surface area contributed by atoms with Gasteiger partial charge in [0.25, 0.3) is 0 Å². The van der Waals surface area contributed by atoms with Crippen LogP contribution in [0.25, 0.3) is 0 Å². The van der Waals surface area contributed by atoms with E-state index in [1.54, 1.807) is 25.1 Å². The van der Waals surface area contributed by atoms with E-state index in [1.807, 2.05) is 0 Å². The van der Waals surface area contributed by atoms with E-state index >= 15 is 0 Å². The van der Waals surface area contributed by atoms with E-state index < -0.39 is 11.9 Å². The minimum absolute atomic E-state index is 0.432. The lowest BCUT2D eigenvalue weighted by Crippen LogP contribution is -2.10. The number of hydrogen-bond donors (Lipinski definition) is 1. The van der Waals surface area contributed by atoms with E-state index in [0.29, 0.717) is 10.6 Å². The van der Waals surface area contributed by atoms with Crippen LogP contribution in [0.3, 0.4) is 0 Å². The topological polar surface area (TPSA) is 26.0 Å². The third-order valence-corrected chi connectivity index (χ3v) is 2.81. The number of halogens is 3. The van der Waals surface area contributed by atoms with Crippen molar-refractivity contribution in [3.8, 4) is 0 Å². The number of hydrogen-bond acceptors (Lipinski definition) is 2. The minimum atomic E-state index is -4.15. The van der Waals surface area contributed by atoms with Gasteiger partial charge in [-0.2, -0.15) is 13.2 Å². The maximum atomic E-state index is 11.9. The molecule has 0 aliphatic rings. The Morgan fingerprint density at radius 3 is 2.57 bits per heavy atom. The van der Waals surface area contributed by atoms with Crippen molar-refractivity contribution in [3.05, 3.63) is 23.8 Å². The van der Waals surface area contributed by atoms with Crippen molar-refractivity contribution in [2.45, 2.75) is 18.0 Å². The van der Waals surface area contributed by atoms with Gasteiger partial charge in [-0.3, -0.25) is 0 Å². The van der Waals surface area contributed by atoms with E-state index in [1.165, 1.54) is 0 Å². The molecule has 0 fully saturated rings. The fraction of sp³-hybridized carbons (Fsp3) is 0.333. The van der Waals surface area contributed by atoms with Gasteiger partial charge < -0.3 is 5.73 Å². The van der Waals surface area contributed by atoms with Gasteiger partial charge in [0.05, 0.1) is 5.75 Å². The summed E-state index contributed by atoms with van der Waals surface area (Å²) >= 11 is 0.718. The summed E-state index contributed by atoms with van der Waals surface area (Å²) in [5.74, 6) is -0.902. The summed E-state index contributed by atoms with van der Waals surface area (Å²) in [6.07, 6.45) is -4.15. The SMILES string of the molecule is Cc1cccc(SCC(F)(F)F)c1N. The van der Waals surface area contributed by atoms with Crippen LogP contribution in [0.15, 0.2) is 23.1 Å².